The van der Waals surface area contributed by atoms with E-state index in [0.29, 0.717) is 16.9 Å². The average molecular weight is 353 g/mol. The minimum atomic E-state index is -0.157. The maximum Gasteiger partial charge on any atom is 0.283 e. The Kier molecular flexibility index (Phi) is 4.06. The number of para-hydroxylation sites is 1. The number of rotatable bonds is 2. The Labute approximate surface area is 149 Å². The van der Waals surface area contributed by atoms with Crippen LogP contribution in [0.1, 0.15) is 38.5 Å². The van der Waals surface area contributed by atoms with Crippen molar-refractivity contribution in [1.82, 2.24) is 15.1 Å². The van der Waals surface area contributed by atoms with E-state index in [-0.39, 0.29) is 34.9 Å². The van der Waals surface area contributed by atoms with Crippen molar-refractivity contribution in [3.63, 3.8) is 0 Å². The van der Waals surface area contributed by atoms with Gasteiger partial charge >= 0.3 is 0 Å². The Morgan fingerprint density at radius 2 is 2.04 bits per heavy atom. The molecule has 0 N–H and O–H groups in total. The summed E-state index contributed by atoms with van der Waals surface area (Å²) >= 11 is 0. The molecule has 0 saturated carbocycles. The van der Waals surface area contributed by atoms with E-state index in [2.05, 4.69) is 10.2 Å². The van der Waals surface area contributed by atoms with Crippen LogP contribution in [0.3, 0.4) is 0 Å². The molecule has 0 spiro atoms. The number of benzene rings is 1. The van der Waals surface area contributed by atoms with E-state index < -0.39 is 0 Å². The zero-order chi connectivity index (χ0) is 18.3. The molecular formula is C19H19N3O4. The van der Waals surface area contributed by atoms with Gasteiger partial charge in [-0.1, -0.05) is 12.1 Å². The van der Waals surface area contributed by atoms with Crippen LogP contribution < -0.4 is 5.43 Å². The molecule has 2 aromatic heterocycles. The fraction of sp³-hybridized carbons (Fsp3) is 0.368. The molecule has 1 aromatic carbocycles. The highest BCUT2D eigenvalue weighted by atomic mass is 16.4. The maximum absolute atomic E-state index is 12.3. The lowest BCUT2D eigenvalue weighted by Crippen LogP contribution is -2.44. The van der Waals surface area contributed by atoms with Crippen molar-refractivity contribution >= 4 is 16.9 Å². The number of aromatic nitrogens is 2. The zero-order valence-corrected chi connectivity index (χ0v) is 14.6. The van der Waals surface area contributed by atoms with Crippen LogP contribution >= 0.6 is 0 Å². The van der Waals surface area contributed by atoms with Gasteiger partial charge in [0.25, 0.3) is 5.89 Å². The second-order valence-electron chi connectivity index (χ2n) is 6.62. The molecule has 0 aliphatic carbocycles. The molecule has 3 aromatic rings. The molecule has 1 amide bonds. The number of fused-ring (bicyclic) bond motifs is 1. The number of nitrogens with zero attached hydrogens (tertiary/aromatic N) is 3. The molecule has 134 valence electrons. The molecular weight excluding hydrogens is 334 g/mol. The highest BCUT2D eigenvalue weighted by Gasteiger charge is 2.34. The van der Waals surface area contributed by atoms with Gasteiger partial charge in [-0.05, 0) is 31.9 Å². The van der Waals surface area contributed by atoms with Crippen LogP contribution in [0.2, 0.25) is 0 Å². The third kappa shape index (κ3) is 2.79. The van der Waals surface area contributed by atoms with E-state index in [9.17, 15) is 9.59 Å². The SMILES string of the molecule is CC(=O)N1CCC[C@H](c2nnc(-c3cc(=O)c4ccccc4o3)o2)[C@@H]1C. The predicted octanol–water partition coefficient (Wildman–Crippen LogP) is 2.96. The van der Waals surface area contributed by atoms with Crippen LogP contribution in [0, 0.1) is 0 Å². The van der Waals surface area contributed by atoms with Gasteiger partial charge in [-0.25, -0.2) is 0 Å². The molecule has 26 heavy (non-hydrogen) atoms. The van der Waals surface area contributed by atoms with Gasteiger partial charge in [-0.2, -0.15) is 0 Å². The third-order valence-corrected chi connectivity index (χ3v) is 5.00. The lowest BCUT2D eigenvalue weighted by atomic mass is 9.90. The van der Waals surface area contributed by atoms with Gasteiger partial charge in [0, 0.05) is 25.6 Å². The number of hydrogen-bond acceptors (Lipinski definition) is 6. The minimum absolute atomic E-state index is 0.0156. The number of carbonyl (C=O) groups is 1. The summed E-state index contributed by atoms with van der Waals surface area (Å²) in [7, 11) is 0. The van der Waals surface area contributed by atoms with Crippen molar-refractivity contribution in [3.8, 4) is 11.7 Å². The minimum Gasteiger partial charge on any atom is -0.451 e. The van der Waals surface area contributed by atoms with Crippen molar-refractivity contribution in [1.29, 1.82) is 0 Å². The van der Waals surface area contributed by atoms with Gasteiger partial charge in [0.2, 0.25) is 11.8 Å². The fourth-order valence-corrected chi connectivity index (χ4v) is 3.61. The summed E-state index contributed by atoms with van der Waals surface area (Å²) in [6.07, 6.45) is 1.76. The summed E-state index contributed by atoms with van der Waals surface area (Å²) in [6.45, 7) is 4.31. The Balaban J connectivity index is 1.68. The molecule has 0 unspecified atom stereocenters. The second kappa shape index (κ2) is 6.40. The highest BCUT2D eigenvalue weighted by molar-refractivity contribution is 5.77. The number of piperidine rings is 1. The van der Waals surface area contributed by atoms with E-state index in [1.807, 2.05) is 11.8 Å². The van der Waals surface area contributed by atoms with Gasteiger partial charge in [0.05, 0.1) is 11.3 Å². The first-order valence-electron chi connectivity index (χ1n) is 8.68. The van der Waals surface area contributed by atoms with Gasteiger partial charge < -0.3 is 13.7 Å². The molecule has 4 rings (SSSR count). The van der Waals surface area contributed by atoms with Crippen molar-refractivity contribution < 1.29 is 13.6 Å². The number of likely N-dealkylation sites (tertiary alicyclic amines) is 1. The van der Waals surface area contributed by atoms with E-state index >= 15 is 0 Å². The van der Waals surface area contributed by atoms with E-state index in [1.54, 1.807) is 31.2 Å². The quantitative estimate of drug-likeness (QED) is 0.704. The number of amides is 1. The van der Waals surface area contributed by atoms with Crippen molar-refractivity contribution in [3.05, 3.63) is 46.4 Å². The number of hydrogen-bond donors (Lipinski definition) is 0. The fourth-order valence-electron chi connectivity index (χ4n) is 3.61. The van der Waals surface area contributed by atoms with Crippen LogP contribution in [0.15, 0.2) is 44.0 Å². The topological polar surface area (TPSA) is 89.4 Å². The van der Waals surface area contributed by atoms with Crippen LogP contribution in [-0.4, -0.2) is 33.6 Å². The average Bonchev–Trinajstić information content (AvgIpc) is 3.11. The first-order chi connectivity index (χ1) is 12.5. The summed E-state index contributed by atoms with van der Waals surface area (Å²) in [5, 5.41) is 8.72. The Bertz CT molecular complexity index is 1020. The standard InChI is InChI=1S/C19H19N3O4/c1-11-13(7-5-9-22(11)12(2)23)18-20-21-19(26-18)17-10-15(24)14-6-3-4-8-16(14)25-17/h3-4,6,8,10-11,13H,5,7,9H2,1-2H3/t11-,13-/m0/s1. The van der Waals surface area contributed by atoms with E-state index in [4.69, 9.17) is 8.83 Å². The summed E-state index contributed by atoms with van der Waals surface area (Å²) < 4.78 is 11.6. The Morgan fingerprint density at radius 3 is 2.85 bits per heavy atom. The Morgan fingerprint density at radius 1 is 1.23 bits per heavy atom. The van der Waals surface area contributed by atoms with Crippen LogP contribution in [0.25, 0.3) is 22.6 Å². The maximum atomic E-state index is 12.3. The van der Waals surface area contributed by atoms with Gasteiger partial charge in [0.1, 0.15) is 5.58 Å². The molecule has 0 radical (unpaired) electrons. The molecule has 1 aliphatic heterocycles. The van der Waals surface area contributed by atoms with E-state index in [1.165, 1.54) is 6.07 Å². The summed E-state index contributed by atoms with van der Waals surface area (Å²) in [5.74, 6) is 0.909. The predicted molar refractivity (Wildman–Crippen MR) is 94.6 cm³/mol. The molecule has 1 saturated heterocycles. The largest absolute Gasteiger partial charge is 0.451 e. The first kappa shape index (κ1) is 16.5. The summed E-state index contributed by atoms with van der Waals surface area (Å²) in [5.41, 5.74) is 0.318. The van der Waals surface area contributed by atoms with Crippen molar-refractivity contribution in [2.75, 3.05) is 6.54 Å². The zero-order valence-electron chi connectivity index (χ0n) is 14.6. The number of carbonyl (C=O) groups excluding carboxylic acids is 1. The molecule has 1 aliphatic rings. The lowest BCUT2D eigenvalue weighted by molar-refractivity contribution is -0.132. The molecule has 0 bridgehead atoms. The van der Waals surface area contributed by atoms with Crippen molar-refractivity contribution in [2.45, 2.75) is 38.6 Å². The molecule has 7 heteroatoms. The second-order valence-corrected chi connectivity index (χ2v) is 6.62. The molecule has 3 heterocycles. The van der Waals surface area contributed by atoms with Crippen LogP contribution in [0.4, 0.5) is 0 Å². The molecule has 7 nitrogen and oxygen atoms in total. The summed E-state index contributed by atoms with van der Waals surface area (Å²) in [4.78, 5) is 25.9. The highest BCUT2D eigenvalue weighted by Crippen LogP contribution is 2.33. The smallest absolute Gasteiger partial charge is 0.283 e. The van der Waals surface area contributed by atoms with Crippen molar-refractivity contribution in [2.24, 2.45) is 0 Å². The van der Waals surface area contributed by atoms with Crippen LogP contribution in [-0.2, 0) is 4.79 Å². The summed E-state index contributed by atoms with van der Waals surface area (Å²) in [6, 6.07) is 8.38. The van der Waals surface area contributed by atoms with Crippen LogP contribution in [0.5, 0.6) is 0 Å². The normalized spacial score (nSPS) is 20.5. The third-order valence-electron chi connectivity index (χ3n) is 5.00. The molecule has 2 atom stereocenters. The first-order valence-corrected chi connectivity index (χ1v) is 8.68. The van der Waals surface area contributed by atoms with E-state index in [0.717, 1.165) is 19.4 Å². The monoisotopic (exact) mass is 353 g/mol. The lowest BCUT2D eigenvalue weighted by Gasteiger charge is -2.37. The van der Waals surface area contributed by atoms with Gasteiger partial charge in [-0.3, -0.25) is 9.59 Å². The molecule has 1 fully saturated rings. The van der Waals surface area contributed by atoms with Gasteiger partial charge in [-0.15, -0.1) is 10.2 Å². The Hall–Kier alpha value is -2.96. The van der Waals surface area contributed by atoms with Gasteiger partial charge in [0.15, 0.2) is 11.2 Å².